The first-order chi connectivity index (χ1) is 17.3. The van der Waals surface area contributed by atoms with Crippen molar-refractivity contribution in [1.82, 2.24) is 14.3 Å². The molecule has 0 spiro atoms. The number of piperidine rings is 1. The third-order valence-electron chi connectivity index (χ3n) is 6.39. The fourth-order valence-corrected chi connectivity index (χ4v) is 5.84. The van der Waals surface area contributed by atoms with Gasteiger partial charge in [-0.05, 0) is 58.6 Å². The maximum Gasteiger partial charge on any atom is 0.335 e. The highest BCUT2D eigenvalue weighted by Crippen LogP contribution is 2.31. The van der Waals surface area contributed by atoms with E-state index < -0.39 is 21.4 Å². The van der Waals surface area contributed by atoms with Gasteiger partial charge in [-0.25, -0.2) is 4.39 Å². The highest BCUT2D eigenvalue weighted by molar-refractivity contribution is 7.99. The molecule has 0 saturated carbocycles. The van der Waals surface area contributed by atoms with Gasteiger partial charge in [0.2, 0.25) is 5.13 Å². The van der Waals surface area contributed by atoms with Crippen molar-refractivity contribution in [2.24, 2.45) is 0 Å². The van der Waals surface area contributed by atoms with Crippen molar-refractivity contribution in [2.75, 3.05) is 30.8 Å². The van der Waals surface area contributed by atoms with Crippen LogP contribution < -0.4 is 14.4 Å². The number of amides is 1. The van der Waals surface area contributed by atoms with Crippen molar-refractivity contribution < 1.29 is 22.9 Å². The first-order valence-corrected chi connectivity index (χ1v) is 14.6. The van der Waals surface area contributed by atoms with Gasteiger partial charge in [-0.1, -0.05) is 18.2 Å². The average molecular weight is 531 g/mol. The molecule has 2 aliphatic heterocycles. The Kier molecular flexibility index (Phi) is 6.85. The molecule has 190 valence electrons. The van der Waals surface area contributed by atoms with Crippen molar-refractivity contribution in [1.29, 1.82) is 0 Å². The summed E-state index contributed by atoms with van der Waals surface area (Å²) in [6.07, 6.45) is 2.81. The van der Waals surface area contributed by atoms with E-state index in [1.165, 1.54) is 36.0 Å². The predicted molar refractivity (Wildman–Crippen MR) is 138 cm³/mol. The summed E-state index contributed by atoms with van der Waals surface area (Å²) in [6.45, 7) is 2.07. The van der Waals surface area contributed by atoms with Crippen LogP contribution in [0.4, 0.5) is 9.52 Å². The van der Waals surface area contributed by atoms with Crippen molar-refractivity contribution in [3.63, 3.8) is 0 Å². The minimum absolute atomic E-state index is 0.0118. The Morgan fingerprint density at radius 1 is 1.11 bits per heavy atom. The molecule has 0 N–H and O–H groups in total. The van der Waals surface area contributed by atoms with Gasteiger partial charge in [-0.2, -0.15) is 4.98 Å². The van der Waals surface area contributed by atoms with Crippen LogP contribution in [0.15, 0.2) is 53.4 Å². The highest BCUT2D eigenvalue weighted by atomic mass is 32.2. The van der Waals surface area contributed by atoms with E-state index in [1.807, 2.05) is 35.2 Å². The maximum atomic E-state index is 14.5. The molecule has 5 rings (SSSR count). The van der Waals surface area contributed by atoms with Crippen LogP contribution in [-0.4, -0.2) is 68.3 Å². The van der Waals surface area contributed by atoms with E-state index in [0.717, 1.165) is 31.1 Å². The van der Waals surface area contributed by atoms with Gasteiger partial charge in [0.05, 0.1) is 0 Å². The van der Waals surface area contributed by atoms with E-state index in [2.05, 4.69) is 20.1 Å². The molecule has 2 aliphatic rings. The number of halogens is 1. The van der Waals surface area contributed by atoms with Gasteiger partial charge in [0.15, 0.2) is 17.7 Å². The highest BCUT2D eigenvalue weighted by Gasteiger charge is 2.39. The zero-order chi connectivity index (χ0) is 25.3. The number of hydrogen-bond donors (Lipinski definition) is 0. The van der Waals surface area contributed by atoms with E-state index >= 15 is 0 Å². The zero-order valence-corrected chi connectivity index (χ0v) is 21.5. The first-order valence-electron chi connectivity index (χ1n) is 11.7. The average Bonchev–Trinajstić information content (AvgIpc) is 3.47. The molecule has 2 fully saturated rings. The van der Waals surface area contributed by atoms with Crippen molar-refractivity contribution in [3.05, 3.63) is 54.3 Å². The fraction of sp³-hybridized carbons (Fsp3) is 0.360. The molecule has 1 aromatic heterocycles. The number of benzene rings is 2. The van der Waals surface area contributed by atoms with Crippen LogP contribution in [0, 0.1) is 5.82 Å². The summed E-state index contributed by atoms with van der Waals surface area (Å²) in [6, 6.07) is 14.0. The number of carbonyl (C=O) groups excluding carboxylic acids is 1. The summed E-state index contributed by atoms with van der Waals surface area (Å²) in [7, 11) is -2.53. The molecule has 2 atom stereocenters. The molecule has 3 heterocycles. The molecular formula is C25H27FN4O4S2. The lowest BCUT2D eigenvalue weighted by molar-refractivity contribution is -0.135. The molecule has 3 aromatic rings. The number of anilines is 1. The minimum atomic E-state index is -2.53. The van der Waals surface area contributed by atoms with Gasteiger partial charge in [0.25, 0.3) is 5.91 Å². The molecule has 2 aromatic carbocycles. The molecule has 0 bridgehead atoms. The number of likely N-dealkylation sites (tertiary alicyclic amines) is 1. The number of aromatic nitrogens is 2. The van der Waals surface area contributed by atoms with Crippen LogP contribution in [0.1, 0.15) is 19.3 Å². The quantitative estimate of drug-likeness (QED) is 0.430. The van der Waals surface area contributed by atoms with Crippen molar-refractivity contribution >= 4 is 38.0 Å². The molecule has 0 radical (unpaired) electrons. The van der Waals surface area contributed by atoms with Crippen LogP contribution in [0.25, 0.3) is 0 Å². The molecule has 8 nitrogen and oxygen atoms in total. The van der Waals surface area contributed by atoms with E-state index in [1.54, 1.807) is 0 Å². The molecule has 2 unspecified atom stereocenters. The van der Waals surface area contributed by atoms with Gasteiger partial charge >= 0.3 is 6.01 Å². The molecule has 0 aliphatic carbocycles. The summed E-state index contributed by atoms with van der Waals surface area (Å²) in [5, 5.41) is 0.797. The Morgan fingerprint density at radius 2 is 1.86 bits per heavy atom. The zero-order valence-electron chi connectivity index (χ0n) is 19.8. The Labute approximate surface area is 213 Å². The van der Waals surface area contributed by atoms with E-state index in [4.69, 9.17) is 9.47 Å². The minimum Gasteiger partial charge on any atom is -0.477 e. The fourth-order valence-electron chi connectivity index (χ4n) is 4.48. The van der Waals surface area contributed by atoms with Gasteiger partial charge in [0.1, 0.15) is 5.75 Å². The summed E-state index contributed by atoms with van der Waals surface area (Å²) < 4.78 is 42.3. The second-order valence-corrected chi connectivity index (χ2v) is 12.2. The monoisotopic (exact) mass is 530 g/mol. The Morgan fingerprint density at radius 3 is 2.56 bits per heavy atom. The summed E-state index contributed by atoms with van der Waals surface area (Å²) in [5.74, 6) is 3.49. The smallest absolute Gasteiger partial charge is 0.335 e. The number of rotatable bonds is 7. The van der Waals surface area contributed by atoms with Crippen molar-refractivity contribution in [2.45, 2.75) is 36.3 Å². The van der Waals surface area contributed by atoms with Crippen LogP contribution in [0.3, 0.4) is 0 Å². The lowest BCUT2D eigenvalue weighted by Gasteiger charge is -2.36. The summed E-state index contributed by atoms with van der Waals surface area (Å²) in [5.41, 5.74) is 0. The lowest BCUT2D eigenvalue weighted by Crippen LogP contribution is -2.47. The Balaban J connectivity index is 1.15. The standard InChI is InChI=1S/C25H27FN4O4S2/c1-36(2,32)19-8-9-21(20(26)16-19)34-22-12-15-30(23(22)31)17-10-13-29(14-11-17)25-27-24(28-35-25)33-18-6-4-3-5-7-18/h3-9,16-17,22H,1,10-15H2,2H3. The van der Waals surface area contributed by atoms with Crippen LogP contribution >= 0.6 is 11.5 Å². The number of nitrogens with zero attached hydrogens (tertiary/aromatic N) is 4. The van der Waals surface area contributed by atoms with Crippen LogP contribution in [0.5, 0.6) is 17.5 Å². The molecule has 11 heteroatoms. The number of ether oxygens (including phenoxy) is 2. The van der Waals surface area contributed by atoms with Crippen molar-refractivity contribution in [3.8, 4) is 17.5 Å². The van der Waals surface area contributed by atoms with Gasteiger partial charge in [0, 0.05) is 54.8 Å². The number of hydrogen-bond acceptors (Lipinski definition) is 8. The number of carbonyl (C=O) groups is 1. The van der Waals surface area contributed by atoms with E-state index in [9.17, 15) is 13.4 Å². The van der Waals surface area contributed by atoms with Gasteiger partial charge in [-0.3, -0.25) is 9.00 Å². The van der Waals surface area contributed by atoms with Crippen LogP contribution in [-0.2, 0) is 14.3 Å². The van der Waals surface area contributed by atoms with E-state index in [-0.39, 0.29) is 17.7 Å². The predicted octanol–water partition coefficient (Wildman–Crippen LogP) is 3.82. The molecule has 36 heavy (non-hydrogen) atoms. The largest absolute Gasteiger partial charge is 0.477 e. The van der Waals surface area contributed by atoms with E-state index in [0.29, 0.717) is 29.6 Å². The van der Waals surface area contributed by atoms with Gasteiger partial charge < -0.3 is 19.3 Å². The van der Waals surface area contributed by atoms with Gasteiger partial charge in [-0.15, -0.1) is 4.37 Å². The second-order valence-electron chi connectivity index (χ2n) is 9.02. The lowest BCUT2D eigenvalue weighted by atomic mass is 10.0. The topological polar surface area (TPSA) is 84.9 Å². The molecular weight excluding hydrogens is 503 g/mol. The Bertz CT molecular complexity index is 1340. The third-order valence-corrected chi connectivity index (χ3v) is 8.40. The summed E-state index contributed by atoms with van der Waals surface area (Å²) in [4.78, 5) is 21.9. The first kappa shape index (κ1) is 24.5. The number of para-hydroxylation sites is 1. The molecule has 1 amide bonds. The second kappa shape index (κ2) is 10.1. The maximum absolute atomic E-state index is 14.5. The third kappa shape index (κ3) is 5.31. The Hall–Kier alpha value is -3.18. The SMILES string of the molecule is C=S(C)(=O)c1ccc(OC2CCN(C3CCN(c4nc(Oc5ccccc5)ns4)CC3)C2=O)c(F)c1. The normalized spacial score (nSPS) is 20.4. The van der Waals surface area contributed by atoms with Crippen LogP contribution in [0.2, 0.25) is 0 Å². The molecule has 2 saturated heterocycles. The summed E-state index contributed by atoms with van der Waals surface area (Å²) >= 11 is 1.30.